The van der Waals surface area contributed by atoms with E-state index in [-0.39, 0.29) is 37.2 Å². The van der Waals surface area contributed by atoms with Crippen LogP contribution < -0.4 is 5.32 Å². The predicted molar refractivity (Wildman–Crippen MR) is 95.6 cm³/mol. The highest BCUT2D eigenvalue weighted by Gasteiger charge is 2.74. The molecule has 0 aromatic carbocycles. The molecule has 5 atom stereocenters. The van der Waals surface area contributed by atoms with Gasteiger partial charge in [-0.25, -0.2) is 0 Å². The number of ether oxygens (including phenoxy) is 2. The molecule has 1 spiro atoms. The molecule has 0 unspecified atom stereocenters. The summed E-state index contributed by atoms with van der Waals surface area (Å²) in [5.41, 5.74) is -0.961. The van der Waals surface area contributed by atoms with Gasteiger partial charge in [-0.15, -0.1) is 0 Å². The molecule has 2 amide bonds. The number of carbonyl (C=O) groups is 3. The van der Waals surface area contributed by atoms with Crippen molar-refractivity contribution in [1.29, 1.82) is 0 Å². The number of aliphatic hydroxyl groups excluding tert-OH is 1. The van der Waals surface area contributed by atoms with Crippen LogP contribution in [0.1, 0.15) is 46.5 Å². The highest BCUT2D eigenvalue weighted by atomic mass is 16.6. The zero-order valence-corrected chi connectivity index (χ0v) is 16.3. The van der Waals surface area contributed by atoms with Gasteiger partial charge in [0.1, 0.15) is 11.6 Å². The van der Waals surface area contributed by atoms with E-state index in [1.165, 1.54) is 0 Å². The number of aliphatic hydroxyl groups is 1. The average Bonchev–Trinajstić information content (AvgIpc) is 3.22. The molecule has 3 heterocycles. The second-order valence-electron chi connectivity index (χ2n) is 7.93. The maximum atomic E-state index is 13.3. The highest BCUT2D eigenvalue weighted by molar-refractivity contribution is 5.98. The lowest BCUT2D eigenvalue weighted by Crippen LogP contribution is -2.56. The van der Waals surface area contributed by atoms with E-state index in [2.05, 4.69) is 5.32 Å². The molecule has 2 bridgehead atoms. The van der Waals surface area contributed by atoms with Crippen LogP contribution in [-0.2, 0) is 23.9 Å². The smallest absolute Gasteiger partial charge is 0.312 e. The van der Waals surface area contributed by atoms with Crippen molar-refractivity contribution in [1.82, 2.24) is 10.2 Å². The minimum Gasteiger partial charge on any atom is -0.466 e. The van der Waals surface area contributed by atoms with E-state index < -0.39 is 29.4 Å². The third-order valence-corrected chi connectivity index (χ3v) is 5.85. The summed E-state index contributed by atoms with van der Waals surface area (Å²) in [6.45, 7) is 6.11. The number of nitrogens with zero attached hydrogens (tertiary/aromatic N) is 1. The monoisotopic (exact) mass is 382 g/mol. The Morgan fingerprint density at radius 3 is 2.78 bits per heavy atom. The molecule has 8 nitrogen and oxygen atoms in total. The Morgan fingerprint density at radius 1 is 1.41 bits per heavy atom. The Labute approximate surface area is 159 Å². The molecule has 152 valence electrons. The molecule has 0 aliphatic carbocycles. The van der Waals surface area contributed by atoms with Crippen molar-refractivity contribution in [2.45, 2.75) is 70.2 Å². The summed E-state index contributed by atoms with van der Waals surface area (Å²) in [6, 6.07) is -0.817. The zero-order chi connectivity index (χ0) is 19.8. The molecule has 3 saturated heterocycles. The van der Waals surface area contributed by atoms with Gasteiger partial charge in [0.2, 0.25) is 11.8 Å². The van der Waals surface area contributed by atoms with E-state index in [0.29, 0.717) is 32.2 Å². The number of nitrogens with one attached hydrogen (secondary N) is 1. The van der Waals surface area contributed by atoms with Crippen LogP contribution >= 0.6 is 0 Å². The van der Waals surface area contributed by atoms with Gasteiger partial charge in [0.25, 0.3) is 0 Å². The quantitative estimate of drug-likeness (QED) is 0.460. The summed E-state index contributed by atoms with van der Waals surface area (Å²) in [5.74, 6) is -2.19. The Kier molecular flexibility index (Phi) is 5.76. The maximum absolute atomic E-state index is 13.3. The van der Waals surface area contributed by atoms with E-state index in [0.717, 1.165) is 0 Å². The van der Waals surface area contributed by atoms with Crippen molar-refractivity contribution in [2.75, 3.05) is 19.8 Å². The van der Waals surface area contributed by atoms with Crippen LogP contribution in [0.15, 0.2) is 0 Å². The molecule has 8 heteroatoms. The lowest BCUT2D eigenvalue weighted by Gasteiger charge is -2.33. The first-order valence-electron chi connectivity index (χ1n) is 9.93. The first kappa shape index (κ1) is 20.1. The van der Waals surface area contributed by atoms with Crippen molar-refractivity contribution >= 4 is 17.8 Å². The lowest BCUT2D eigenvalue weighted by molar-refractivity contribution is -0.154. The van der Waals surface area contributed by atoms with E-state index in [1.807, 2.05) is 13.8 Å². The number of fused-ring (bicyclic) bond motifs is 1. The van der Waals surface area contributed by atoms with E-state index in [4.69, 9.17) is 14.6 Å². The van der Waals surface area contributed by atoms with Gasteiger partial charge in [-0.1, -0.05) is 0 Å². The summed E-state index contributed by atoms with van der Waals surface area (Å²) in [5, 5.41) is 12.0. The average molecular weight is 382 g/mol. The highest BCUT2D eigenvalue weighted by Crippen LogP contribution is 2.58. The Hall–Kier alpha value is -1.67. The molecule has 0 aromatic heterocycles. The number of hydrogen-bond acceptors (Lipinski definition) is 6. The molecular weight excluding hydrogens is 352 g/mol. The minimum absolute atomic E-state index is 0.0312. The van der Waals surface area contributed by atoms with Gasteiger partial charge in [0, 0.05) is 19.2 Å². The number of carbonyl (C=O) groups excluding carboxylic acids is 3. The van der Waals surface area contributed by atoms with Crippen LogP contribution in [0.25, 0.3) is 0 Å². The summed E-state index contributed by atoms with van der Waals surface area (Å²) < 4.78 is 11.4. The zero-order valence-electron chi connectivity index (χ0n) is 16.3. The normalized spacial score (nSPS) is 34.3. The van der Waals surface area contributed by atoms with Crippen molar-refractivity contribution in [3.8, 4) is 0 Å². The SMILES string of the molecule is CCOC(=O)[C@@H]1[C@H]2C(=O)N(CCCCO)[C@H](C(=O)NC(C)C)[C@]23CC[C@H]1O3. The third kappa shape index (κ3) is 3.23. The summed E-state index contributed by atoms with van der Waals surface area (Å²) >= 11 is 0. The fraction of sp³-hybridized carbons (Fsp3) is 0.842. The Bertz CT molecular complexity index is 609. The first-order chi connectivity index (χ1) is 12.9. The van der Waals surface area contributed by atoms with Gasteiger partial charge in [-0.3, -0.25) is 14.4 Å². The molecule has 3 fully saturated rings. The van der Waals surface area contributed by atoms with E-state index in [9.17, 15) is 14.4 Å². The molecule has 0 radical (unpaired) electrons. The number of amides is 2. The van der Waals surface area contributed by atoms with Crippen molar-refractivity contribution in [2.24, 2.45) is 11.8 Å². The van der Waals surface area contributed by atoms with Crippen LogP contribution in [0.4, 0.5) is 0 Å². The van der Waals surface area contributed by atoms with Gasteiger partial charge in [0.15, 0.2) is 0 Å². The molecule has 27 heavy (non-hydrogen) atoms. The molecular formula is C19H30N2O6. The van der Waals surface area contributed by atoms with E-state index in [1.54, 1.807) is 11.8 Å². The fourth-order valence-corrected chi connectivity index (χ4v) is 4.96. The molecule has 3 aliphatic heterocycles. The molecule has 0 aromatic rings. The van der Waals surface area contributed by atoms with Gasteiger partial charge < -0.3 is 24.8 Å². The van der Waals surface area contributed by atoms with Crippen LogP contribution in [-0.4, -0.2) is 71.3 Å². The summed E-state index contributed by atoms with van der Waals surface area (Å²) in [7, 11) is 0. The maximum Gasteiger partial charge on any atom is 0.312 e. The largest absolute Gasteiger partial charge is 0.466 e. The number of likely N-dealkylation sites (tertiary alicyclic amines) is 1. The van der Waals surface area contributed by atoms with Crippen molar-refractivity contribution in [3.05, 3.63) is 0 Å². The molecule has 0 saturated carbocycles. The Morgan fingerprint density at radius 2 is 2.15 bits per heavy atom. The van der Waals surface area contributed by atoms with Gasteiger partial charge >= 0.3 is 5.97 Å². The molecule has 3 rings (SSSR count). The molecule has 3 aliphatic rings. The second kappa shape index (κ2) is 7.75. The van der Waals surface area contributed by atoms with Gasteiger partial charge in [-0.2, -0.15) is 0 Å². The van der Waals surface area contributed by atoms with Crippen molar-refractivity contribution in [3.63, 3.8) is 0 Å². The van der Waals surface area contributed by atoms with Crippen LogP contribution in [0.5, 0.6) is 0 Å². The van der Waals surface area contributed by atoms with Crippen LogP contribution in [0.3, 0.4) is 0 Å². The van der Waals surface area contributed by atoms with Gasteiger partial charge in [0.05, 0.1) is 24.5 Å². The fourth-order valence-electron chi connectivity index (χ4n) is 4.96. The van der Waals surface area contributed by atoms with Crippen molar-refractivity contribution < 1.29 is 29.0 Å². The number of rotatable bonds is 8. The second-order valence-corrected chi connectivity index (χ2v) is 7.93. The number of hydrogen-bond donors (Lipinski definition) is 2. The topological polar surface area (TPSA) is 105 Å². The van der Waals surface area contributed by atoms with E-state index >= 15 is 0 Å². The number of esters is 1. The third-order valence-electron chi connectivity index (χ3n) is 5.85. The minimum atomic E-state index is -0.961. The van der Waals surface area contributed by atoms with Gasteiger partial charge in [-0.05, 0) is 46.5 Å². The van der Waals surface area contributed by atoms with Crippen LogP contribution in [0.2, 0.25) is 0 Å². The number of unbranched alkanes of at least 4 members (excludes halogenated alkanes) is 1. The van der Waals surface area contributed by atoms with Crippen LogP contribution in [0, 0.1) is 11.8 Å². The molecule has 2 N–H and O–H groups in total. The first-order valence-corrected chi connectivity index (χ1v) is 9.93. The summed E-state index contributed by atoms with van der Waals surface area (Å²) in [4.78, 5) is 40.4. The summed E-state index contributed by atoms with van der Waals surface area (Å²) in [6.07, 6.45) is 1.99. The Balaban J connectivity index is 1.93. The predicted octanol–water partition coefficient (Wildman–Crippen LogP) is 0.221. The standard InChI is InChI=1S/C19H30N2O6/c1-4-26-18(25)13-12-7-8-19(27-12)14(13)17(24)21(9-5-6-10-22)15(19)16(23)20-11(2)3/h11-15,22H,4-10H2,1-3H3,(H,20,23)/t12-,13+,14+,15-,19+/m1/s1. The lowest BCUT2D eigenvalue weighted by atomic mass is 9.70.